The minimum absolute atomic E-state index is 0.178. The van der Waals surface area contributed by atoms with Crippen molar-refractivity contribution in [1.29, 1.82) is 0 Å². The Labute approximate surface area is 167 Å². The van der Waals surface area contributed by atoms with Gasteiger partial charge in [0, 0.05) is 11.8 Å². The van der Waals surface area contributed by atoms with Crippen molar-refractivity contribution < 1.29 is 28.5 Å². The zero-order valence-electron chi connectivity index (χ0n) is 15.8. The van der Waals surface area contributed by atoms with Crippen LogP contribution in [0.1, 0.15) is 20.7 Å². The molecule has 0 aliphatic rings. The number of benzene rings is 2. The van der Waals surface area contributed by atoms with E-state index in [4.69, 9.17) is 31.2 Å². The number of carbonyl (C=O) groups is 2. The first-order valence-corrected chi connectivity index (χ1v) is 8.44. The molecule has 0 aliphatic carbocycles. The average molecular weight is 404 g/mol. The fraction of sp³-hybridized carbons (Fsp3) is 0.211. The second kappa shape index (κ2) is 9.56. The van der Waals surface area contributed by atoms with E-state index in [1.54, 1.807) is 25.3 Å². The van der Waals surface area contributed by atoms with Gasteiger partial charge in [-0.3, -0.25) is 0 Å². The second-order valence-electron chi connectivity index (χ2n) is 5.43. The lowest BCUT2D eigenvalue weighted by atomic mass is 10.1. The van der Waals surface area contributed by atoms with Gasteiger partial charge in [-0.25, -0.2) is 9.59 Å². The van der Waals surface area contributed by atoms with Gasteiger partial charge in [0.25, 0.3) is 0 Å². The topological polar surface area (TPSA) is 95.1 Å². The van der Waals surface area contributed by atoms with Crippen LogP contribution in [0.3, 0.4) is 0 Å². The van der Waals surface area contributed by atoms with Crippen molar-refractivity contribution in [2.24, 2.45) is 0 Å². The SMILES string of the molecule is COC(=O)c1cc(NC(=S)Nc2ccc(OC)cc2OC)cc(C(=O)OC)c1. The van der Waals surface area contributed by atoms with Gasteiger partial charge in [0.05, 0.1) is 45.3 Å². The van der Waals surface area contributed by atoms with Crippen molar-refractivity contribution in [3.63, 3.8) is 0 Å². The molecular weight excluding hydrogens is 384 g/mol. The third-order valence-corrected chi connectivity index (χ3v) is 3.89. The maximum atomic E-state index is 11.9. The summed E-state index contributed by atoms with van der Waals surface area (Å²) in [5.74, 6) is -0.0224. The molecule has 9 heteroatoms. The van der Waals surface area contributed by atoms with Gasteiger partial charge in [0.2, 0.25) is 0 Å². The van der Waals surface area contributed by atoms with Crippen LogP contribution in [0.15, 0.2) is 36.4 Å². The Hall–Kier alpha value is -3.33. The summed E-state index contributed by atoms with van der Waals surface area (Å²) in [7, 11) is 5.59. The molecule has 0 amide bonds. The molecule has 0 unspecified atom stereocenters. The smallest absolute Gasteiger partial charge is 0.337 e. The number of rotatable bonds is 6. The third kappa shape index (κ3) is 5.10. The summed E-state index contributed by atoms with van der Waals surface area (Å²) >= 11 is 5.32. The van der Waals surface area contributed by atoms with Crippen LogP contribution in [0.5, 0.6) is 11.5 Å². The number of ether oxygens (including phenoxy) is 4. The van der Waals surface area contributed by atoms with E-state index in [9.17, 15) is 9.59 Å². The molecule has 2 N–H and O–H groups in total. The molecule has 2 rings (SSSR count). The van der Waals surface area contributed by atoms with Crippen LogP contribution in [0.25, 0.3) is 0 Å². The number of hydrogen-bond donors (Lipinski definition) is 2. The van der Waals surface area contributed by atoms with Crippen LogP contribution in [-0.4, -0.2) is 45.5 Å². The van der Waals surface area contributed by atoms with Crippen molar-refractivity contribution in [3.05, 3.63) is 47.5 Å². The van der Waals surface area contributed by atoms with E-state index in [-0.39, 0.29) is 16.2 Å². The van der Waals surface area contributed by atoms with Gasteiger partial charge in [0.15, 0.2) is 5.11 Å². The molecule has 0 radical (unpaired) electrons. The van der Waals surface area contributed by atoms with Gasteiger partial charge in [0.1, 0.15) is 11.5 Å². The van der Waals surface area contributed by atoms with Gasteiger partial charge in [-0.05, 0) is 42.5 Å². The van der Waals surface area contributed by atoms with Crippen molar-refractivity contribution in [2.45, 2.75) is 0 Å². The Kier molecular flexibility index (Phi) is 7.16. The van der Waals surface area contributed by atoms with Crippen LogP contribution >= 0.6 is 12.2 Å². The van der Waals surface area contributed by atoms with Crippen LogP contribution in [0.2, 0.25) is 0 Å². The van der Waals surface area contributed by atoms with Crippen molar-refractivity contribution in [2.75, 3.05) is 39.1 Å². The lowest BCUT2D eigenvalue weighted by Gasteiger charge is -2.15. The summed E-state index contributed by atoms with van der Waals surface area (Å²) < 4.78 is 19.9. The Morgan fingerprint density at radius 2 is 1.43 bits per heavy atom. The number of hydrogen-bond acceptors (Lipinski definition) is 7. The Morgan fingerprint density at radius 1 is 0.821 bits per heavy atom. The molecule has 2 aromatic carbocycles. The largest absolute Gasteiger partial charge is 0.497 e. The molecule has 0 atom stereocenters. The van der Waals surface area contributed by atoms with Crippen molar-refractivity contribution in [3.8, 4) is 11.5 Å². The Bertz CT molecular complexity index is 866. The van der Waals surface area contributed by atoms with E-state index < -0.39 is 11.9 Å². The van der Waals surface area contributed by atoms with E-state index >= 15 is 0 Å². The van der Waals surface area contributed by atoms with E-state index in [1.807, 2.05) is 0 Å². The Morgan fingerprint density at radius 3 is 1.93 bits per heavy atom. The maximum Gasteiger partial charge on any atom is 0.337 e. The van der Waals surface area contributed by atoms with Gasteiger partial charge < -0.3 is 29.6 Å². The summed E-state index contributed by atoms with van der Waals surface area (Å²) in [4.78, 5) is 23.7. The lowest BCUT2D eigenvalue weighted by Crippen LogP contribution is -2.20. The van der Waals surface area contributed by atoms with Gasteiger partial charge in [-0.2, -0.15) is 0 Å². The quantitative estimate of drug-likeness (QED) is 0.556. The average Bonchev–Trinajstić information content (AvgIpc) is 2.72. The highest BCUT2D eigenvalue weighted by atomic mass is 32.1. The van der Waals surface area contributed by atoms with Crippen LogP contribution in [0, 0.1) is 0 Å². The molecule has 0 heterocycles. The molecule has 0 fully saturated rings. The van der Waals surface area contributed by atoms with Crippen molar-refractivity contribution in [1.82, 2.24) is 0 Å². The predicted octanol–water partition coefficient (Wildman–Crippen LogP) is 3.09. The molecule has 8 nitrogen and oxygen atoms in total. The number of carbonyl (C=O) groups excluding carboxylic acids is 2. The Balaban J connectivity index is 2.25. The van der Waals surface area contributed by atoms with Gasteiger partial charge in [-0.15, -0.1) is 0 Å². The van der Waals surface area contributed by atoms with Gasteiger partial charge in [-0.1, -0.05) is 0 Å². The number of nitrogens with one attached hydrogen (secondary N) is 2. The number of anilines is 2. The highest BCUT2D eigenvalue weighted by molar-refractivity contribution is 7.80. The minimum Gasteiger partial charge on any atom is -0.497 e. The van der Waals surface area contributed by atoms with Crippen LogP contribution in [0.4, 0.5) is 11.4 Å². The minimum atomic E-state index is -0.593. The molecule has 2 aromatic rings. The summed E-state index contributed by atoms with van der Waals surface area (Å²) in [6.07, 6.45) is 0. The van der Waals surface area contributed by atoms with E-state index in [2.05, 4.69) is 10.6 Å². The predicted molar refractivity (Wildman–Crippen MR) is 109 cm³/mol. The summed E-state index contributed by atoms with van der Waals surface area (Å²) in [5, 5.41) is 6.14. The zero-order valence-corrected chi connectivity index (χ0v) is 16.6. The molecule has 0 saturated carbocycles. The maximum absolute atomic E-state index is 11.9. The normalized spacial score (nSPS) is 9.86. The summed E-state index contributed by atoms with van der Waals surface area (Å²) in [6, 6.07) is 9.61. The van der Waals surface area contributed by atoms with Crippen LogP contribution in [-0.2, 0) is 9.47 Å². The molecule has 0 saturated heterocycles. The molecule has 148 valence electrons. The molecule has 0 aliphatic heterocycles. The third-order valence-electron chi connectivity index (χ3n) is 3.69. The molecule has 28 heavy (non-hydrogen) atoms. The number of methoxy groups -OCH3 is 4. The molecule has 0 spiro atoms. The van der Waals surface area contributed by atoms with Gasteiger partial charge >= 0.3 is 11.9 Å². The first-order valence-electron chi connectivity index (χ1n) is 8.03. The first-order chi connectivity index (χ1) is 13.4. The second-order valence-corrected chi connectivity index (χ2v) is 5.84. The van der Waals surface area contributed by atoms with E-state index in [1.165, 1.54) is 39.5 Å². The highest BCUT2D eigenvalue weighted by Crippen LogP contribution is 2.29. The van der Waals surface area contributed by atoms with Crippen LogP contribution < -0.4 is 20.1 Å². The zero-order chi connectivity index (χ0) is 20.7. The first kappa shape index (κ1) is 21.0. The summed E-state index contributed by atoms with van der Waals surface area (Å²) in [6.45, 7) is 0. The lowest BCUT2D eigenvalue weighted by molar-refractivity contribution is 0.0599. The standard InChI is InChI=1S/C19H20N2O6S/c1-24-14-5-6-15(16(10-14)25-2)21-19(28)20-13-8-11(17(22)26-3)7-12(9-13)18(23)27-4/h5-10H,1-4H3,(H2,20,21,28). The molecular formula is C19H20N2O6S. The summed E-state index contributed by atoms with van der Waals surface area (Å²) in [5.41, 5.74) is 1.38. The monoisotopic (exact) mass is 404 g/mol. The molecule has 0 bridgehead atoms. The number of thiocarbonyl (C=S) groups is 1. The van der Waals surface area contributed by atoms with E-state index in [0.717, 1.165) is 0 Å². The highest BCUT2D eigenvalue weighted by Gasteiger charge is 2.15. The number of esters is 2. The fourth-order valence-electron chi connectivity index (χ4n) is 2.36. The fourth-order valence-corrected chi connectivity index (χ4v) is 2.59. The molecule has 0 aromatic heterocycles. The van der Waals surface area contributed by atoms with E-state index in [0.29, 0.717) is 22.9 Å². The van der Waals surface area contributed by atoms with Crippen molar-refractivity contribution >= 4 is 40.6 Å².